The minimum absolute atomic E-state index is 0.291. The summed E-state index contributed by atoms with van der Waals surface area (Å²) in [7, 11) is 0. The molecule has 0 aliphatic carbocycles. The fraction of sp³-hybridized carbons (Fsp3) is 0.562. The zero-order chi connectivity index (χ0) is 14.4. The van der Waals surface area contributed by atoms with Gasteiger partial charge in [-0.2, -0.15) is 0 Å². The highest BCUT2D eigenvalue weighted by Crippen LogP contribution is 2.19. The number of benzene rings is 1. The average Bonchev–Trinajstić information content (AvgIpc) is 2.48. The van der Waals surface area contributed by atoms with Crippen molar-refractivity contribution in [2.24, 2.45) is 5.92 Å². The zero-order valence-corrected chi connectivity index (χ0v) is 12.0. The first kappa shape index (κ1) is 14.9. The highest BCUT2D eigenvalue weighted by atomic mass is 16.5. The van der Waals surface area contributed by atoms with Crippen LogP contribution in [0, 0.1) is 5.92 Å². The summed E-state index contributed by atoms with van der Waals surface area (Å²) >= 11 is 0. The van der Waals surface area contributed by atoms with Crippen LogP contribution in [0.25, 0.3) is 0 Å². The van der Waals surface area contributed by atoms with Crippen LogP contribution in [0.1, 0.15) is 36.5 Å². The van der Waals surface area contributed by atoms with Crippen molar-refractivity contribution in [1.29, 1.82) is 0 Å². The Morgan fingerprint density at radius 3 is 2.50 bits per heavy atom. The van der Waals surface area contributed by atoms with Gasteiger partial charge in [0.1, 0.15) is 12.4 Å². The number of hydrogen-bond acceptors (Lipinski definition) is 3. The Bertz CT molecular complexity index is 422. The second kappa shape index (κ2) is 7.29. The van der Waals surface area contributed by atoms with E-state index in [1.807, 2.05) is 0 Å². The summed E-state index contributed by atoms with van der Waals surface area (Å²) in [6, 6.07) is 6.58. The Balaban J connectivity index is 1.69. The van der Waals surface area contributed by atoms with Crippen molar-refractivity contribution in [2.45, 2.75) is 26.2 Å². The van der Waals surface area contributed by atoms with E-state index >= 15 is 0 Å². The number of carboxylic acids is 1. The molecule has 1 fully saturated rings. The second-order valence-corrected chi connectivity index (χ2v) is 5.37. The van der Waals surface area contributed by atoms with Crippen molar-refractivity contribution in [3.8, 4) is 5.75 Å². The molecule has 110 valence electrons. The third-order valence-electron chi connectivity index (χ3n) is 4.06. The molecule has 2 rings (SSSR count). The number of nitrogens with zero attached hydrogens (tertiary/aromatic N) is 1. The van der Waals surface area contributed by atoms with Crippen molar-refractivity contribution >= 4 is 5.97 Å². The number of rotatable bonds is 6. The van der Waals surface area contributed by atoms with Crippen LogP contribution in [-0.2, 0) is 0 Å². The SMILES string of the molecule is CCC1CCN(CCOc2ccc(C(=O)O)cc2)CC1. The summed E-state index contributed by atoms with van der Waals surface area (Å²) in [6.07, 6.45) is 3.88. The van der Waals surface area contributed by atoms with E-state index in [1.165, 1.54) is 32.4 Å². The largest absolute Gasteiger partial charge is 0.492 e. The number of carbonyl (C=O) groups is 1. The van der Waals surface area contributed by atoms with E-state index in [1.54, 1.807) is 24.3 Å². The maximum atomic E-state index is 10.7. The Kier molecular flexibility index (Phi) is 5.41. The lowest BCUT2D eigenvalue weighted by Gasteiger charge is -2.31. The topological polar surface area (TPSA) is 49.8 Å². The maximum absolute atomic E-state index is 10.7. The first-order valence-corrected chi connectivity index (χ1v) is 7.37. The molecular weight excluding hydrogens is 254 g/mol. The van der Waals surface area contributed by atoms with Crippen LogP contribution in [0.4, 0.5) is 0 Å². The number of likely N-dealkylation sites (tertiary alicyclic amines) is 1. The summed E-state index contributed by atoms with van der Waals surface area (Å²) in [5.41, 5.74) is 0.291. The Morgan fingerprint density at radius 1 is 1.30 bits per heavy atom. The molecule has 0 radical (unpaired) electrons. The van der Waals surface area contributed by atoms with E-state index in [-0.39, 0.29) is 0 Å². The molecule has 0 unspecified atom stereocenters. The molecule has 1 aromatic carbocycles. The Labute approximate surface area is 120 Å². The normalized spacial score (nSPS) is 17.1. The fourth-order valence-electron chi connectivity index (χ4n) is 2.60. The maximum Gasteiger partial charge on any atom is 0.335 e. The van der Waals surface area contributed by atoms with Gasteiger partial charge >= 0.3 is 5.97 Å². The molecule has 1 aliphatic heterocycles. The molecule has 0 saturated carbocycles. The van der Waals surface area contributed by atoms with E-state index in [2.05, 4.69) is 11.8 Å². The van der Waals surface area contributed by atoms with E-state index in [9.17, 15) is 4.79 Å². The Morgan fingerprint density at radius 2 is 1.95 bits per heavy atom. The number of aromatic carboxylic acids is 1. The number of piperidine rings is 1. The smallest absolute Gasteiger partial charge is 0.335 e. The van der Waals surface area contributed by atoms with Crippen molar-refractivity contribution in [1.82, 2.24) is 4.90 Å². The molecule has 0 atom stereocenters. The van der Waals surface area contributed by atoms with Crippen molar-refractivity contribution in [3.63, 3.8) is 0 Å². The predicted molar refractivity (Wildman–Crippen MR) is 78.4 cm³/mol. The van der Waals surface area contributed by atoms with E-state index in [0.29, 0.717) is 12.2 Å². The lowest BCUT2D eigenvalue weighted by molar-refractivity contribution is 0.0697. The molecule has 20 heavy (non-hydrogen) atoms. The third kappa shape index (κ3) is 4.23. The van der Waals surface area contributed by atoms with Gasteiger partial charge in [-0.15, -0.1) is 0 Å². The van der Waals surface area contributed by atoms with Crippen LogP contribution in [0.2, 0.25) is 0 Å². The quantitative estimate of drug-likeness (QED) is 0.868. The molecule has 0 bridgehead atoms. The molecule has 0 spiro atoms. The van der Waals surface area contributed by atoms with Gasteiger partial charge in [0.15, 0.2) is 0 Å². The highest BCUT2D eigenvalue weighted by molar-refractivity contribution is 5.87. The summed E-state index contributed by atoms with van der Waals surface area (Å²) in [6.45, 7) is 6.20. The minimum Gasteiger partial charge on any atom is -0.492 e. The minimum atomic E-state index is -0.907. The molecule has 1 N–H and O–H groups in total. The molecular formula is C16H23NO3. The lowest BCUT2D eigenvalue weighted by atomic mass is 9.94. The Hall–Kier alpha value is -1.55. The molecule has 1 aromatic rings. The van der Waals surface area contributed by atoms with Gasteiger partial charge in [-0.3, -0.25) is 4.90 Å². The summed E-state index contributed by atoms with van der Waals surface area (Å²) < 4.78 is 5.66. The standard InChI is InChI=1S/C16H23NO3/c1-2-13-7-9-17(10-8-13)11-12-20-15-5-3-14(4-6-15)16(18)19/h3-6,13H,2,7-12H2,1H3,(H,18,19). The molecule has 1 aliphatic rings. The number of hydrogen-bond donors (Lipinski definition) is 1. The van der Waals surface area contributed by atoms with Crippen molar-refractivity contribution < 1.29 is 14.6 Å². The van der Waals surface area contributed by atoms with Gasteiger partial charge in [0.25, 0.3) is 0 Å². The first-order valence-electron chi connectivity index (χ1n) is 7.37. The number of carboxylic acid groups (broad SMARTS) is 1. The monoisotopic (exact) mass is 277 g/mol. The van der Waals surface area contributed by atoms with Crippen LogP contribution in [0.15, 0.2) is 24.3 Å². The van der Waals surface area contributed by atoms with Gasteiger partial charge < -0.3 is 9.84 Å². The van der Waals surface area contributed by atoms with Gasteiger partial charge in [-0.1, -0.05) is 13.3 Å². The zero-order valence-electron chi connectivity index (χ0n) is 12.0. The first-order chi connectivity index (χ1) is 9.69. The highest BCUT2D eigenvalue weighted by Gasteiger charge is 2.17. The number of ether oxygens (including phenoxy) is 1. The molecule has 1 heterocycles. The van der Waals surface area contributed by atoms with Gasteiger partial charge in [0.05, 0.1) is 5.56 Å². The predicted octanol–water partition coefficient (Wildman–Crippen LogP) is 2.89. The summed E-state index contributed by atoms with van der Waals surface area (Å²) in [4.78, 5) is 13.2. The summed E-state index contributed by atoms with van der Waals surface area (Å²) in [5.74, 6) is 0.726. The van der Waals surface area contributed by atoms with Crippen LogP contribution in [0.3, 0.4) is 0 Å². The second-order valence-electron chi connectivity index (χ2n) is 5.37. The van der Waals surface area contributed by atoms with Gasteiger partial charge in [-0.25, -0.2) is 4.79 Å². The van der Waals surface area contributed by atoms with Crippen LogP contribution in [0.5, 0.6) is 5.75 Å². The van der Waals surface area contributed by atoms with Crippen molar-refractivity contribution in [3.05, 3.63) is 29.8 Å². The van der Waals surface area contributed by atoms with Crippen molar-refractivity contribution in [2.75, 3.05) is 26.2 Å². The third-order valence-corrected chi connectivity index (χ3v) is 4.06. The lowest BCUT2D eigenvalue weighted by Crippen LogP contribution is -2.36. The molecule has 4 nitrogen and oxygen atoms in total. The average molecular weight is 277 g/mol. The van der Waals surface area contributed by atoms with E-state index in [4.69, 9.17) is 9.84 Å². The summed E-state index contributed by atoms with van der Waals surface area (Å²) in [5, 5.41) is 8.82. The van der Waals surface area contributed by atoms with E-state index < -0.39 is 5.97 Å². The fourth-order valence-corrected chi connectivity index (χ4v) is 2.60. The van der Waals surface area contributed by atoms with Crippen LogP contribution < -0.4 is 4.74 Å². The van der Waals surface area contributed by atoms with Gasteiger partial charge in [0.2, 0.25) is 0 Å². The molecule has 4 heteroatoms. The van der Waals surface area contributed by atoms with Crippen LogP contribution >= 0.6 is 0 Å². The van der Waals surface area contributed by atoms with Gasteiger partial charge in [-0.05, 0) is 56.1 Å². The molecule has 0 aromatic heterocycles. The van der Waals surface area contributed by atoms with Gasteiger partial charge in [0, 0.05) is 6.54 Å². The van der Waals surface area contributed by atoms with Crippen LogP contribution in [-0.4, -0.2) is 42.2 Å². The molecule has 0 amide bonds. The van der Waals surface area contributed by atoms with E-state index in [0.717, 1.165) is 18.2 Å². The molecule has 1 saturated heterocycles.